The Kier molecular flexibility index (Phi) is 4.81. The predicted molar refractivity (Wildman–Crippen MR) is 89.9 cm³/mol. The van der Waals surface area contributed by atoms with Crippen molar-refractivity contribution in [3.8, 4) is 0 Å². The molecule has 0 spiro atoms. The molecule has 5 nitrogen and oxygen atoms in total. The highest BCUT2D eigenvalue weighted by Crippen LogP contribution is 2.26. The van der Waals surface area contributed by atoms with Gasteiger partial charge in [-0.2, -0.15) is 0 Å². The van der Waals surface area contributed by atoms with Crippen molar-refractivity contribution in [2.45, 2.75) is 38.6 Å². The summed E-state index contributed by atoms with van der Waals surface area (Å²) in [7, 11) is 0. The van der Waals surface area contributed by atoms with Crippen molar-refractivity contribution >= 4 is 28.2 Å². The van der Waals surface area contributed by atoms with Crippen LogP contribution in [0.2, 0.25) is 0 Å². The zero-order valence-electron chi connectivity index (χ0n) is 13.0. The van der Waals surface area contributed by atoms with Gasteiger partial charge in [-0.3, -0.25) is 9.59 Å². The molecular weight excluding hydrogens is 312 g/mol. The van der Waals surface area contributed by atoms with Crippen molar-refractivity contribution in [1.29, 1.82) is 0 Å². The molecule has 0 bridgehead atoms. The highest BCUT2D eigenvalue weighted by molar-refractivity contribution is 7.18. The number of hydrogen-bond donors (Lipinski definition) is 2. The number of carbonyl (C=O) groups is 2. The monoisotopic (exact) mass is 332 g/mol. The molecule has 6 heteroatoms. The van der Waals surface area contributed by atoms with Gasteiger partial charge in [0.2, 0.25) is 0 Å². The zero-order chi connectivity index (χ0) is 16.2. The number of nitrogens with one attached hydrogen (secondary N) is 2. The number of hydrogen-bond acceptors (Lipinski definition) is 4. The van der Waals surface area contributed by atoms with Gasteiger partial charge in [-0.05, 0) is 43.0 Å². The van der Waals surface area contributed by atoms with E-state index in [2.05, 4.69) is 17.6 Å². The Morgan fingerprint density at radius 1 is 1.22 bits per heavy atom. The average Bonchev–Trinajstić information content (AvgIpc) is 3.18. The number of rotatable bonds is 4. The third-order valence-corrected chi connectivity index (χ3v) is 5.08. The molecule has 0 saturated heterocycles. The van der Waals surface area contributed by atoms with E-state index < -0.39 is 0 Å². The van der Waals surface area contributed by atoms with Gasteiger partial charge < -0.3 is 15.1 Å². The second-order valence-corrected chi connectivity index (χ2v) is 7.12. The fourth-order valence-electron chi connectivity index (χ4n) is 2.93. The lowest BCUT2D eigenvalue weighted by Crippen LogP contribution is -2.37. The van der Waals surface area contributed by atoms with E-state index in [-0.39, 0.29) is 23.6 Å². The van der Waals surface area contributed by atoms with Crippen LogP contribution < -0.4 is 10.6 Å². The fraction of sp³-hybridized carbons (Fsp3) is 0.412. The van der Waals surface area contributed by atoms with E-state index in [0.717, 1.165) is 12.8 Å². The van der Waals surface area contributed by atoms with Crippen LogP contribution in [0.15, 0.2) is 34.9 Å². The Morgan fingerprint density at radius 3 is 2.83 bits per heavy atom. The topological polar surface area (TPSA) is 71.3 Å². The maximum Gasteiger partial charge on any atom is 0.291 e. The van der Waals surface area contributed by atoms with Crippen molar-refractivity contribution in [3.63, 3.8) is 0 Å². The Hall–Kier alpha value is -2.08. The van der Waals surface area contributed by atoms with Crippen molar-refractivity contribution in [2.24, 2.45) is 5.92 Å². The molecule has 1 aliphatic rings. The zero-order valence-corrected chi connectivity index (χ0v) is 13.8. The smallest absolute Gasteiger partial charge is 0.291 e. The summed E-state index contributed by atoms with van der Waals surface area (Å²) in [6, 6.07) is 7.00. The molecule has 2 amide bonds. The number of carbonyl (C=O) groups excluding carboxylic acids is 2. The Labute approximate surface area is 139 Å². The van der Waals surface area contributed by atoms with Gasteiger partial charge in [0.1, 0.15) is 0 Å². The molecule has 0 radical (unpaired) electrons. The maximum atomic E-state index is 12.3. The van der Waals surface area contributed by atoms with E-state index in [0.29, 0.717) is 15.8 Å². The standard InChI is InChI=1S/C17H20N2O3S/c1-11-4-2-5-12(10-11)18-17(21)14-7-8-15(23-14)19-16(20)13-6-3-9-22-13/h3,6-9,11-12H,2,4-5,10H2,1H3,(H,18,21)(H,19,20). The summed E-state index contributed by atoms with van der Waals surface area (Å²) in [5, 5.41) is 6.47. The lowest BCUT2D eigenvalue weighted by Gasteiger charge is -2.27. The number of thiophene rings is 1. The summed E-state index contributed by atoms with van der Waals surface area (Å²) in [6.45, 7) is 2.23. The van der Waals surface area contributed by atoms with Crippen LogP contribution in [-0.4, -0.2) is 17.9 Å². The number of furan rings is 1. The van der Waals surface area contributed by atoms with Gasteiger partial charge in [-0.25, -0.2) is 0 Å². The second kappa shape index (κ2) is 7.00. The molecule has 0 aliphatic heterocycles. The minimum Gasteiger partial charge on any atom is -0.459 e. The summed E-state index contributed by atoms with van der Waals surface area (Å²) in [5.41, 5.74) is 0. The minimum atomic E-state index is -0.315. The predicted octanol–water partition coefficient (Wildman–Crippen LogP) is 3.90. The third-order valence-electron chi connectivity index (χ3n) is 4.08. The molecule has 2 N–H and O–H groups in total. The van der Waals surface area contributed by atoms with Gasteiger partial charge in [0.15, 0.2) is 5.76 Å². The first kappa shape index (κ1) is 15.8. The van der Waals surface area contributed by atoms with E-state index in [1.807, 2.05) is 0 Å². The van der Waals surface area contributed by atoms with Gasteiger partial charge in [-0.15, -0.1) is 11.3 Å². The lowest BCUT2D eigenvalue weighted by atomic mass is 9.87. The van der Waals surface area contributed by atoms with Gasteiger partial charge in [0.25, 0.3) is 11.8 Å². The van der Waals surface area contributed by atoms with Crippen LogP contribution in [0.3, 0.4) is 0 Å². The van der Waals surface area contributed by atoms with Crippen LogP contribution in [0, 0.1) is 5.92 Å². The number of anilines is 1. The summed E-state index contributed by atoms with van der Waals surface area (Å²) >= 11 is 1.27. The number of amides is 2. The van der Waals surface area contributed by atoms with E-state index in [9.17, 15) is 9.59 Å². The van der Waals surface area contributed by atoms with Gasteiger partial charge in [0.05, 0.1) is 16.1 Å². The summed E-state index contributed by atoms with van der Waals surface area (Å²) in [6.07, 6.45) is 5.95. The Bertz CT molecular complexity index is 678. The summed E-state index contributed by atoms with van der Waals surface area (Å²) in [4.78, 5) is 24.8. The highest BCUT2D eigenvalue weighted by Gasteiger charge is 2.21. The lowest BCUT2D eigenvalue weighted by molar-refractivity contribution is 0.0924. The van der Waals surface area contributed by atoms with Crippen molar-refractivity contribution in [1.82, 2.24) is 5.32 Å². The van der Waals surface area contributed by atoms with Crippen LogP contribution in [0.5, 0.6) is 0 Å². The van der Waals surface area contributed by atoms with Crippen LogP contribution in [0.25, 0.3) is 0 Å². The quantitative estimate of drug-likeness (QED) is 0.892. The second-order valence-electron chi connectivity index (χ2n) is 6.04. The van der Waals surface area contributed by atoms with E-state index >= 15 is 0 Å². The summed E-state index contributed by atoms with van der Waals surface area (Å²) in [5.74, 6) is 0.540. The van der Waals surface area contributed by atoms with Crippen LogP contribution in [0.4, 0.5) is 5.00 Å². The summed E-state index contributed by atoms with van der Waals surface area (Å²) < 4.78 is 5.05. The first-order chi connectivity index (χ1) is 11.1. The van der Waals surface area contributed by atoms with Crippen molar-refractivity contribution < 1.29 is 14.0 Å². The van der Waals surface area contributed by atoms with Crippen LogP contribution in [-0.2, 0) is 0 Å². The fourth-order valence-corrected chi connectivity index (χ4v) is 3.73. The van der Waals surface area contributed by atoms with E-state index in [4.69, 9.17) is 4.42 Å². The molecule has 2 aromatic heterocycles. The van der Waals surface area contributed by atoms with E-state index in [1.54, 1.807) is 24.3 Å². The molecule has 1 saturated carbocycles. The Balaban J connectivity index is 1.58. The van der Waals surface area contributed by atoms with Crippen LogP contribution in [0.1, 0.15) is 52.8 Å². The molecule has 2 unspecified atom stereocenters. The highest BCUT2D eigenvalue weighted by atomic mass is 32.1. The molecule has 2 atom stereocenters. The van der Waals surface area contributed by atoms with Gasteiger partial charge in [-0.1, -0.05) is 19.8 Å². The molecular formula is C17H20N2O3S. The van der Waals surface area contributed by atoms with Crippen LogP contribution >= 0.6 is 11.3 Å². The molecule has 1 aliphatic carbocycles. The molecule has 3 rings (SSSR count). The Morgan fingerprint density at radius 2 is 2.09 bits per heavy atom. The average molecular weight is 332 g/mol. The molecule has 1 fully saturated rings. The first-order valence-electron chi connectivity index (χ1n) is 7.87. The van der Waals surface area contributed by atoms with Gasteiger partial charge >= 0.3 is 0 Å². The normalized spacial score (nSPS) is 20.9. The molecule has 2 aromatic rings. The maximum absolute atomic E-state index is 12.3. The van der Waals surface area contributed by atoms with E-state index in [1.165, 1.54) is 30.4 Å². The van der Waals surface area contributed by atoms with Gasteiger partial charge in [0, 0.05) is 6.04 Å². The molecule has 122 valence electrons. The minimum absolute atomic E-state index is 0.0624. The first-order valence-corrected chi connectivity index (χ1v) is 8.69. The van der Waals surface area contributed by atoms with Crippen molar-refractivity contribution in [2.75, 3.05) is 5.32 Å². The molecule has 2 heterocycles. The molecule has 23 heavy (non-hydrogen) atoms. The molecule has 0 aromatic carbocycles. The third kappa shape index (κ3) is 4.01. The SMILES string of the molecule is CC1CCCC(NC(=O)c2ccc(NC(=O)c3ccco3)s2)C1. The largest absolute Gasteiger partial charge is 0.459 e. The van der Waals surface area contributed by atoms with Crippen molar-refractivity contribution in [3.05, 3.63) is 41.2 Å².